The molecular formula is C25H36F3N3O5S. The van der Waals surface area contributed by atoms with E-state index in [-0.39, 0.29) is 35.9 Å². The van der Waals surface area contributed by atoms with Crippen molar-refractivity contribution in [1.29, 1.82) is 0 Å². The van der Waals surface area contributed by atoms with Crippen LogP contribution in [0.5, 0.6) is 5.75 Å². The SMILES string of the molecule is C[C@@H](CNc1ccc(OC(F)(F)F)cc1)NC(=O)[C@@H](CC(=O)N1CCOCC1)CC1CCCCC1.O=S. The molecule has 0 aromatic heterocycles. The molecule has 3 rings (SSSR count). The first kappa shape index (κ1) is 30.8. The maximum Gasteiger partial charge on any atom is 0.573 e. The topological polar surface area (TPSA) is 97.0 Å². The van der Waals surface area contributed by atoms with Crippen molar-refractivity contribution < 1.29 is 36.4 Å². The second kappa shape index (κ2) is 15.7. The predicted molar refractivity (Wildman–Crippen MR) is 134 cm³/mol. The molecule has 8 nitrogen and oxygen atoms in total. The van der Waals surface area contributed by atoms with Crippen LogP contribution in [0.2, 0.25) is 0 Å². The molecule has 208 valence electrons. The maximum absolute atomic E-state index is 13.2. The number of hydrogen-bond donors (Lipinski definition) is 2. The van der Waals surface area contributed by atoms with Gasteiger partial charge in [-0.1, -0.05) is 32.1 Å². The Morgan fingerprint density at radius 1 is 1.11 bits per heavy atom. The zero-order chi connectivity index (χ0) is 27.3. The van der Waals surface area contributed by atoms with Crippen molar-refractivity contribution in [1.82, 2.24) is 10.2 Å². The Morgan fingerprint density at radius 2 is 1.73 bits per heavy atom. The van der Waals surface area contributed by atoms with Gasteiger partial charge in [0.1, 0.15) is 5.75 Å². The number of carbonyl (C=O) groups excluding carboxylic acids is 2. The van der Waals surface area contributed by atoms with Crippen molar-refractivity contribution in [2.75, 3.05) is 38.2 Å². The lowest BCUT2D eigenvalue weighted by Gasteiger charge is -2.30. The highest BCUT2D eigenvalue weighted by molar-refractivity contribution is 7.44. The second-order valence-corrected chi connectivity index (χ2v) is 9.50. The van der Waals surface area contributed by atoms with Crippen LogP contribution in [-0.4, -0.2) is 66.2 Å². The van der Waals surface area contributed by atoms with Gasteiger partial charge in [-0.15, -0.1) is 13.2 Å². The highest BCUT2D eigenvalue weighted by Crippen LogP contribution is 2.31. The molecule has 0 unspecified atom stereocenters. The lowest BCUT2D eigenvalue weighted by atomic mass is 9.81. The molecular weight excluding hydrogens is 511 g/mol. The summed E-state index contributed by atoms with van der Waals surface area (Å²) < 4.78 is 54.0. The van der Waals surface area contributed by atoms with Gasteiger partial charge in [0.15, 0.2) is 12.5 Å². The number of alkyl halides is 3. The number of rotatable bonds is 10. The van der Waals surface area contributed by atoms with E-state index < -0.39 is 6.36 Å². The van der Waals surface area contributed by atoms with Crippen molar-refractivity contribution >= 4 is 30.0 Å². The number of amides is 2. The van der Waals surface area contributed by atoms with Gasteiger partial charge in [0.2, 0.25) is 11.8 Å². The summed E-state index contributed by atoms with van der Waals surface area (Å²) in [6.07, 6.45) is 1.94. The van der Waals surface area contributed by atoms with Crippen LogP contribution in [0.3, 0.4) is 0 Å². The molecule has 2 aliphatic rings. The van der Waals surface area contributed by atoms with Crippen LogP contribution in [0.25, 0.3) is 0 Å². The van der Waals surface area contributed by atoms with E-state index in [4.69, 9.17) is 8.95 Å². The van der Waals surface area contributed by atoms with Crippen LogP contribution in [0.15, 0.2) is 24.3 Å². The molecule has 1 aromatic carbocycles. The van der Waals surface area contributed by atoms with Gasteiger partial charge in [-0.25, -0.2) is 0 Å². The number of carbonyl (C=O) groups is 2. The average molecular weight is 548 g/mol. The van der Waals surface area contributed by atoms with Crippen molar-refractivity contribution in [3.8, 4) is 5.75 Å². The summed E-state index contributed by atoms with van der Waals surface area (Å²) in [5.41, 5.74) is 0.613. The highest BCUT2D eigenvalue weighted by atomic mass is 32.1. The van der Waals surface area contributed by atoms with Gasteiger partial charge < -0.3 is 25.0 Å². The van der Waals surface area contributed by atoms with Crippen molar-refractivity contribution in [2.24, 2.45) is 11.8 Å². The van der Waals surface area contributed by atoms with Crippen LogP contribution in [0.4, 0.5) is 18.9 Å². The van der Waals surface area contributed by atoms with E-state index in [0.29, 0.717) is 50.9 Å². The van der Waals surface area contributed by atoms with Crippen molar-refractivity contribution in [3.63, 3.8) is 0 Å². The quantitative estimate of drug-likeness (QED) is 0.457. The molecule has 0 spiro atoms. The summed E-state index contributed by atoms with van der Waals surface area (Å²) in [6, 6.07) is 5.21. The fraction of sp³-hybridized carbons (Fsp3) is 0.680. The Balaban J connectivity index is 0.00000235. The number of benzene rings is 1. The first-order chi connectivity index (χ1) is 17.7. The molecule has 1 saturated heterocycles. The first-order valence-corrected chi connectivity index (χ1v) is 12.9. The molecule has 1 saturated carbocycles. The Morgan fingerprint density at radius 3 is 2.32 bits per heavy atom. The minimum Gasteiger partial charge on any atom is -0.406 e. The molecule has 0 bridgehead atoms. The molecule has 1 heterocycles. The van der Waals surface area contributed by atoms with E-state index in [2.05, 4.69) is 27.9 Å². The molecule has 1 aromatic rings. The van der Waals surface area contributed by atoms with Crippen molar-refractivity contribution in [3.05, 3.63) is 24.3 Å². The molecule has 2 fully saturated rings. The van der Waals surface area contributed by atoms with Crippen LogP contribution in [0, 0.1) is 11.8 Å². The molecule has 2 atom stereocenters. The molecule has 1 aliphatic carbocycles. The molecule has 2 amide bonds. The van der Waals surface area contributed by atoms with Gasteiger partial charge >= 0.3 is 6.36 Å². The number of halogens is 3. The molecule has 2 N–H and O–H groups in total. The Kier molecular flexibility index (Phi) is 13.1. The second-order valence-electron chi connectivity index (χ2n) is 9.50. The van der Waals surface area contributed by atoms with E-state index in [1.807, 2.05) is 6.92 Å². The molecule has 12 heteroatoms. The van der Waals surface area contributed by atoms with Crippen LogP contribution < -0.4 is 15.4 Å². The van der Waals surface area contributed by atoms with Gasteiger partial charge in [0.05, 0.1) is 13.2 Å². The third kappa shape index (κ3) is 11.6. The highest BCUT2D eigenvalue weighted by Gasteiger charge is 2.31. The standard InChI is InChI=1S/C25H36F3N3O4.OS/c1-18(17-29-21-7-9-22(10-8-21)35-25(26,27)28)30-24(33)20(15-19-5-3-2-4-6-19)16-23(32)31-11-13-34-14-12-31;1-2/h7-10,18-20,29H,2-6,11-17H2,1H3,(H,30,33);/t18-,20+;/m0./s1. The number of nitrogens with zero attached hydrogens (tertiary/aromatic N) is 1. The fourth-order valence-corrected chi connectivity index (χ4v) is 4.72. The van der Waals surface area contributed by atoms with E-state index in [1.54, 1.807) is 4.90 Å². The molecule has 0 radical (unpaired) electrons. The smallest absolute Gasteiger partial charge is 0.406 e. The Bertz CT molecular complexity index is 832. The Hall–Kier alpha value is -2.47. The third-order valence-corrected chi connectivity index (χ3v) is 6.59. The molecule has 1 aliphatic heterocycles. The monoisotopic (exact) mass is 547 g/mol. The van der Waals surface area contributed by atoms with E-state index >= 15 is 0 Å². The lowest BCUT2D eigenvalue weighted by molar-refractivity contribution is -0.274. The van der Waals surface area contributed by atoms with Crippen LogP contribution in [0.1, 0.15) is 51.9 Å². The maximum atomic E-state index is 13.2. The van der Waals surface area contributed by atoms with E-state index in [0.717, 1.165) is 12.8 Å². The number of anilines is 1. The summed E-state index contributed by atoms with van der Waals surface area (Å²) in [4.78, 5) is 27.8. The number of morpholine rings is 1. The van der Waals surface area contributed by atoms with Gasteiger partial charge in [-0.2, -0.15) is 4.21 Å². The first-order valence-electron chi connectivity index (χ1n) is 12.6. The lowest BCUT2D eigenvalue weighted by Crippen LogP contribution is -2.45. The van der Waals surface area contributed by atoms with Gasteiger partial charge in [0, 0.05) is 43.7 Å². The summed E-state index contributed by atoms with van der Waals surface area (Å²) >= 11 is 2.83. The zero-order valence-corrected chi connectivity index (χ0v) is 21.9. The average Bonchev–Trinajstić information content (AvgIpc) is 2.89. The van der Waals surface area contributed by atoms with Gasteiger partial charge in [-0.3, -0.25) is 9.59 Å². The van der Waals surface area contributed by atoms with Crippen LogP contribution in [-0.2, 0) is 26.9 Å². The van der Waals surface area contributed by atoms with Crippen LogP contribution >= 0.6 is 0 Å². The number of ether oxygens (including phenoxy) is 2. The summed E-state index contributed by atoms with van der Waals surface area (Å²) in [7, 11) is 0. The van der Waals surface area contributed by atoms with E-state index in [9.17, 15) is 22.8 Å². The van der Waals surface area contributed by atoms with E-state index in [1.165, 1.54) is 43.5 Å². The largest absolute Gasteiger partial charge is 0.573 e. The van der Waals surface area contributed by atoms with Gasteiger partial charge in [0.25, 0.3) is 0 Å². The number of hydrogen-bond acceptors (Lipinski definition) is 7. The third-order valence-electron chi connectivity index (χ3n) is 6.59. The van der Waals surface area contributed by atoms with Crippen molar-refractivity contribution in [2.45, 2.75) is 64.3 Å². The number of nitrogens with one attached hydrogen (secondary N) is 2. The molecule has 37 heavy (non-hydrogen) atoms. The minimum atomic E-state index is -4.73. The normalized spacial score (nSPS) is 18.1. The Labute approximate surface area is 221 Å². The fourth-order valence-electron chi connectivity index (χ4n) is 4.72. The predicted octanol–water partition coefficient (Wildman–Crippen LogP) is 4.00. The van der Waals surface area contributed by atoms with Gasteiger partial charge in [-0.05, 0) is 43.5 Å². The summed E-state index contributed by atoms with van der Waals surface area (Å²) in [5.74, 6) is -0.339. The zero-order valence-electron chi connectivity index (χ0n) is 21.1. The summed E-state index contributed by atoms with van der Waals surface area (Å²) in [6.45, 7) is 4.41. The minimum absolute atomic E-state index is 0.00352. The summed E-state index contributed by atoms with van der Waals surface area (Å²) in [5, 5.41) is 6.13.